The molecule has 5 nitrogen and oxygen atoms in total. The number of rotatable bonds is 3. The summed E-state index contributed by atoms with van der Waals surface area (Å²) in [7, 11) is 1.22. The van der Waals surface area contributed by atoms with Crippen molar-refractivity contribution in [1.29, 1.82) is 0 Å². The van der Waals surface area contributed by atoms with E-state index < -0.39 is 29.2 Å². The lowest BCUT2D eigenvalue weighted by molar-refractivity contribution is -0.142. The van der Waals surface area contributed by atoms with Crippen molar-refractivity contribution in [2.45, 2.75) is 6.18 Å². The Balaban J connectivity index is 2.19. The fourth-order valence-corrected chi connectivity index (χ4v) is 1.87. The third-order valence-electron chi connectivity index (χ3n) is 2.63. The topological polar surface area (TPSA) is 56.5 Å². The van der Waals surface area contributed by atoms with Crippen LogP contribution in [0, 0.1) is 5.82 Å². The molecule has 0 fully saturated rings. The van der Waals surface area contributed by atoms with E-state index in [1.54, 1.807) is 0 Å². The van der Waals surface area contributed by atoms with Gasteiger partial charge in [0.1, 0.15) is 11.4 Å². The molecule has 0 amide bonds. The number of oxime groups is 1. The summed E-state index contributed by atoms with van der Waals surface area (Å²) in [5, 5.41) is 6.33. The molecule has 1 aromatic carbocycles. The fourth-order valence-electron chi connectivity index (χ4n) is 1.66. The summed E-state index contributed by atoms with van der Waals surface area (Å²) in [6.45, 7) is 0. The molecular weight excluding hydrogens is 342 g/mol. The molecule has 0 aliphatic heterocycles. The summed E-state index contributed by atoms with van der Waals surface area (Å²) >= 11 is 5.72. The maximum Gasteiger partial charge on any atom is 0.436 e. The lowest BCUT2D eigenvalue weighted by Gasteiger charge is -2.03. The second-order valence-electron chi connectivity index (χ2n) is 4.31. The number of hydrogen-bond acceptors (Lipinski definition) is 4. The Kier molecular flexibility index (Phi) is 4.69. The molecule has 0 aliphatic carbocycles. The van der Waals surface area contributed by atoms with Crippen molar-refractivity contribution >= 4 is 23.8 Å². The molecule has 2 rings (SSSR count). The van der Waals surface area contributed by atoms with E-state index in [2.05, 4.69) is 15.1 Å². The van der Waals surface area contributed by atoms with Gasteiger partial charge in [-0.2, -0.15) is 18.3 Å². The Morgan fingerprint density at radius 1 is 1.43 bits per heavy atom. The van der Waals surface area contributed by atoms with Crippen LogP contribution in [0.25, 0.3) is 0 Å². The summed E-state index contributed by atoms with van der Waals surface area (Å²) < 4.78 is 52.4. The molecule has 23 heavy (non-hydrogen) atoms. The number of nitrogens with zero attached hydrogens (tertiary/aromatic N) is 3. The van der Waals surface area contributed by atoms with Crippen LogP contribution in [0.1, 0.15) is 21.6 Å². The first-order valence-corrected chi connectivity index (χ1v) is 6.37. The van der Waals surface area contributed by atoms with E-state index in [1.165, 1.54) is 19.2 Å². The molecule has 0 bridgehead atoms. The van der Waals surface area contributed by atoms with E-state index in [-0.39, 0.29) is 10.6 Å². The van der Waals surface area contributed by atoms with E-state index >= 15 is 0 Å². The van der Waals surface area contributed by atoms with Crippen LogP contribution in [0.15, 0.2) is 29.6 Å². The van der Waals surface area contributed by atoms with Crippen molar-refractivity contribution in [2.24, 2.45) is 12.2 Å². The smallest absolute Gasteiger partial charge is 0.313 e. The summed E-state index contributed by atoms with van der Waals surface area (Å²) in [4.78, 5) is 16.0. The van der Waals surface area contributed by atoms with Gasteiger partial charge >= 0.3 is 12.1 Å². The summed E-state index contributed by atoms with van der Waals surface area (Å²) in [6.07, 6.45) is -3.19. The quantitative estimate of drug-likeness (QED) is 0.369. The normalized spacial score (nSPS) is 11.9. The summed E-state index contributed by atoms with van der Waals surface area (Å²) in [5.41, 5.74) is -2.37. The molecule has 0 aliphatic rings. The van der Waals surface area contributed by atoms with Crippen LogP contribution < -0.4 is 0 Å². The van der Waals surface area contributed by atoms with E-state index in [1.807, 2.05) is 0 Å². The van der Waals surface area contributed by atoms with E-state index in [4.69, 9.17) is 11.6 Å². The van der Waals surface area contributed by atoms with Gasteiger partial charge in [-0.15, -0.1) is 0 Å². The SMILES string of the molecule is Cn1cc(C(=O)O/N=C\c2c(F)cccc2Cl)c(C(F)(F)F)n1. The van der Waals surface area contributed by atoms with E-state index in [0.717, 1.165) is 23.2 Å². The first kappa shape index (κ1) is 16.9. The maximum absolute atomic E-state index is 13.4. The molecule has 0 radical (unpaired) electrons. The van der Waals surface area contributed by atoms with Crippen LogP contribution in [0.2, 0.25) is 5.02 Å². The Morgan fingerprint density at radius 3 is 2.74 bits per heavy atom. The van der Waals surface area contributed by atoms with Crippen LogP contribution in [0.5, 0.6) is 0 Å². The van der Waals surface area contributed by atoms with Gasteiger partial charge in [0, 0.05) is 13.2 Å². The predicted octanol–water partition coefficient (Wildman–Crippen LogP) is 3.42. The van der Waals surface area contributed by atoms with Crippen molar-refractivity contribution in [2.75, 3.05) is 0 Å². The van der Waals surface area contributed by atoms with Gasteiger partial charge < -0.3 is 4.84 Å². The van der Waals surface area contributed by atoms with Gasteiger partial charge in [-0.1, -0.05) is 22.8 Å². The number of aromatic nitrogens is 2. The average molecular weight is 350 g/mol. The highest BCUT2D eigenvalue weighted by Gasteiger charge is 2.39. The molecule has 1 heterocycles. The van der Waals surface area contributed by atoms with Gasteiger partial charge in [0.15, 0.2) is 5.69 Å². The van der Waals surface area contributed by atoms with Crippen molar-refractivity contribution < 1.29 is 27.2 Å². The Labute approximate surface area is 132 Å². The zero-order valence-electron chi connectivity index (χ0n) is 11.4. The molecule has 0 spiro atoms. The predicted molar refractivity (Wildman–Crippen MR) is 72.6 cm³/mol. The molecule has 2 aromatic rings. The van der Waals surface area contributed by atoms with Crippen LogP contribution in [-0.4, -0.2) is 22.0 Å². The Hall–Kier alpha value is -2.42. The lowest BCUT2D eigenvalue weighted by atomic mass is 10.2. The molecule has 0 N–H and O–H groups in total. The molecule has 0 saturated heterocycles. The van der Waals surface area contributed by atoms with Gasteiger partial charge in [-0.3, -0.25) is 4.68 Å². The second-order valence-corrected chi connectivity index (χ2v) is 4.72. The highest BCUT2D eigenvalue weighted by Crippen LogP contribution is 2.30. The van der Waals surface area contributed by atoms with Crippen molar-refractivity contribution in [3.63, 3.8) is 0 Å². The molecule has 1 aromatic heterocycles. The number of alkyl halides is 3. The van der Waals surface area contributed by atoms with Gasteiger partial charge in [-0.05, 0) is 12.1 Å². The minimum Gasteiger partial charge on any atom is -0.313 e. The third kappa shape index (κ3) is 3.86. The van der Waals surface area contributed by atoms with E-state index in [0.29, 0.717) is 0 Å². The molecule has 0 unspecified atom stereocenters. The molecule has 0 atom stereocenters. The van der Waals surface area contributed by atoms with Crippen molar-refractivity contribution in [3.05, 3.63) is 52.1 Å². The van der Waals surface area contributed by atoms with Gasteiger partial charge in [0.25, 0.3) is 0 Å². The van der Waals surface area contributed by atoms with Gasteiger partial charge in [-0.25, -0.2) is 9.18 Å². The largest absolute Gasteiger partial charge is 0.436 e. The first-order valence-electron chi connectivity index (χ1n) is 5.99. The Bertz CT molecular complexity index is 751. The molecule has 122 valence electrons. The number of carbonyl (C=O) groups excluding carboxylic acids is 1. The second kappa shape index (κ2) is 6.37. The highest BCUT2D eigenvalue weighted by atomic mass is 35.5. The number of aryl methyl sites for hydroxylation is 1. The summed E-state index contributed by atoms with van der Waals surface area (Å²) in [5.74, 6) is -2.11. The monoisotopic (exact) mass is 349 g/mol. The van der Waals surface area contributed by atoms with Crippen LogP contribution in [0.4, 0.5) is 17.6 Å². The number of benzene rings is 1. The van der Waals surface area contributed by atoms with E-state index in [9.17, 15) is 22.4 Å². The maximum atomic E-state index is 13.4. The molecular formula is C13H8ClF4N3O2. The lowest BCUT2D eigenvalue weighted by Crippen LogP contribution is -2.13. The number of carbonyl (C=O) groups is 1. The summed E-state index contributed by atoms with van der Waals surface area (Å²) in [6, 6.07) is 3.82. The van der Waals surface area contributed by atoms with Crippen molar-refractivity contribution in [3.8, 4) is 0 Å². The minimum absolute atomic E-state index is 0.00200. The highest BCUT2D eigenvalue weighted by molar-refractivity contribution is 6.33. The van der Waals surface area contributed by atoms with Gasteiger partial charge in [0.05, 0.1) is 16.8 Å². The molecule has 0 saturated carbocycles. The number of hydrogen-bond donors (Lipinski definition) is 0. The zero-order valence-corrected chi connectivity index (χ0v) is 12.2. The fraction of sp³-hybridized carbons (Fsp3) is 0.154. The van der Waals surface area contributed by atoms with Gasteiger partial charge in [0.2, 0.25) is 0 Å². The number of halogens is 5. The minimum atomic E-state index is -4.83. The van der Waals surface area contributed by atoms with Crippen molar-refractivity contribution in [1.82, 2.24) is 9.78 Å². The molecule has 10 heteroatoms. The zero-order chi connectivity index (χ0) is 17.2. The standard InChI is InChI=1S/C13H8ClF4N3O2/c1-21-6-8(11(20-21)13(16,17)18)12(22)23-19-5-7-9(14)3-2-4-10(7)15/h2-6H,1H3/b19-5-. The Morgan fingerprint density at radius 2 is 2.13 bits per heavy atom. The third-order valence-corrected chi connectivity index (χ3v) is 2.96. The average Bonchev–Trinajstić information content (AvgIpc) is 2.84. The first-order chi connectivity index (χ1) is 10.7. The van der Waals surface area contributed by atoms with Crippen LogP contribution in [-0.2, 0) is 18.1 Å². The van der Waals surface area contributed by atoms with Crippen LogP contribution >= 0.6 is 11.6 Å². The van der Waals surface area contributed by atoms with Crippen LogP contribution in [0.3, 0.4) is 0 Å².